The molecule has 1 aromatic rings. The second-order valence-corrected chi connectivity index (χ2v) is 11.0. The number of fused-ring (bicyclic) bond motifs is 2. The molecule has 1 saturated carbocycles. The molecule has 0 N–H and O–H groups in total. The van der Waals surface area contributed by atoms with Crippen molar-refractivity contribution in [3.05, 3.63) is 29.8 Å². The fraction of sp³-hybridized carbons (Fsp3) is 0.708. The summed E-state index contributed by atoms with van der Waals surface area (Å²) in [6.45, 7) is 6.56. The Hall–Kier alpha value is -1.12. The maximum atomic E-state index is 11.5. The zero-order valence-corrected chi connectivity index (χ0v) is 19.5. The van der Waals surface area contributed by atoms with E-state index in [1.807, 2.05) is 19.1 Å². The predicted octanol–water partition coefficient (Wildman–Crippen LogP) is 4.70. The molecule has 6 rings (SSSR count). The van der Waals surface area contributed by atoms with Crippen LogP contribution in [0.4, 0.5) is 0 Å². The second-order valence-electron chi connectivity index (χ2n) is 9.79. The maximum Gasteiger partial charge on any atom is 0.309 e. The molecule has 0 aromatic heterocycles. The number of ether oxygens (including phenoxy) is 3. The molecule has 7 heteroatoms. The Labute approximate surface area is 188 Å². The monoisotopic (exact) mass is 448 g/mol. The van der Waals surface area contributed by atoms with Gasteiger partial charge < -0.3 is 14.2 Å². The number of hydrogen-bond acceptors (Lipinski definition) is 7. The van der Waals surface area contributed by atoms with Gasteiger partial charge in [0.15, 0.2) is 11.9 Å². The van der Waals surface area contributed by atoms with Gasteiger partial charge in [-0.1, -0.05) is 37.7 Å². The Balaban J connectivity index is 1.38. The number of carbonyl (C=O) groups is 1. The quantitative estimate of drug-likeness (QED) is 0.489. The average molecular weight is 449 g/mol. The number of rotatable bonds is 4. The molecule has 4 saturated heterocycles. The normalized spacial score (nSPS) is 43.7. The van der Waals surface area contributed by atoms with Crippen molar-refractivity contribution in [1.29, 1.82) is 0 Å². The van der Waals surface area contributed by atoms with Gasteiger partial charge >= 0.3 is 5.97 Å². The van der Waals surface area contributed by atoms with Crippen LogP contribution in [-0.2, 0) is 35.2 Å². The van der Waals surface area contributed by atoms with Crippen molar-refractivity contribution < 1.29 is 28.8 Å². The third-order valence-electron chi connectivity index (χ3n) is 7.85. The number of carbonyl (C=O) groups excluding carboxylic acids is 1. The highest BCUT2D eigenvalue weighted by molar-refractivity contribution is 7.99. The molecular weight excluding hydrogens is 416 g/mol. The van der Waals surface area contributed by atoms with Gasteiger partial charge in [-0.25, -0.2) is 9.78 Å². The fourth-order valence-corrected chi connectivity index (χ4v) is 7.19. The molecule has 0 amide bonds. The topological polar surface area (TPSA) is 63.2 Å². The van der Waals surface area contributed by atoms with E-state index in [4.69, 9.17) is 24.0 Å². The third kappa shape index (κ3) is 3.62. The zero-order valence-electron chi connectivity index (χ0n) is 18.7. The standard InChI is InChI=1S/C24H32O6S/c1-14-5-10-19-15(2)21(31-17-8-6-16(7-9-17)13-20(25)26-4)27-22-24(19)18(14)11-12-23(3,28-22)29-30-24/h6-9,14-15,18-19,21-22H,5,10-13H2,1-4H3/t14-,15-,18+,19+,21+,22-,23-,24-/m1/s1. The van der Waals surface area contributed by atoms with Gasteiger partial charge in [-0.3, -0.25) is 4.79 Å². The third-order valence-corrected chi connectivity index (χ3v) is 9.17. The molecule has 31 heavy (non-hydrogen) atoms. The molecule has 5 aliphatic rings. The predicted molar refractivity (Wildman–Crippen MR) is 115 cm³/mol. The van der Waals surface area contributed by atoms with E-state index in [1.54, 1.807) is 11.8 Å². The summed E-state index contributed by atoms with van der Waals surface area (Å²) in [5, 5.41) is 0. The minimum atomic E-state index is -0.747. The van der Waals surface area contributed by atoms with Gasteiger partial charge in [0, 0.05) is 17.2 Å². The van der Waals surface area contributed by atoms with Crippen LogP contribution in [0.2, 0.25) is 0 Å². The first-order valence-electron chi connectivity index (χ1n) is 11.4. The van der Waals surface area contributed by atoms with Gasteiger partial charge in [-0.05, 0) is 61.6 Å². The van der Waals surface area contributed by atoms with E-state index in [1.165, 1.54) is 13.5 Å². The smallest absolute Gasteiger partial charge is 0.309 e. The zero-order chi connectivity index (χ0) is 21.8. The van der Waals surface area contributed by atoms with Crippen LogP contribution in [-0.4, -0.2) is 36.2 Å². The Bertz CT molecular complexity index is 830. The molecule has 1 spiro atoms. The van der Waals surface area contributed by atoms with E-state index in [-0.39, 0.29) is 17.8 Å². The van der Waals surface area contributed by atoms with Crippen molar-refractivity contribution in [2.24, 2.45) is 23.7 Å². The van der Waals surface area contributed by atoms with Crippen molar-refractivity contribution in [3.8, 4) is 0 Å². The van der Waals surface area contributed by atoms with Gasteiger partial charge in [0.05, 0.1) is 13.5 Å². The Kier molecular flexibility index (Phi) is 5.62. The molecule has 6 nitrogen and oxygen atoms in total. The SMILES string of the molecule is COC(=O)Cc1ccc(S[C@@H]2O[C@@H]3O[C@@]4(C)CC[C@H]5[C@H](C)CC[C@@H]([C@H]2C)[C@@]35OO4)cc1. The number of esters is 1. The van der Waals surface area contributed by atoms with E-state index in [0.29, 0.717) is 23.7 Å². The second kappa shape index (κ2) is 8.03. The fourth-order valence-electron chi connectivity index (χ4n) is 6.07. The molecule has 4 heterocycles. The van der Waals surface area contributed by atoms with Crippen molar-refractivity contribution in [1.82, 2.24) is 0 Å². The molecule has 5 fully saturated rings. The van der Waals surface area contributed by atoms with E-state index in [9.17, 15) is 4.79 Å². The lowest BCUT2D eigenvalue weighted by molar-refractivity contribution is -0.568. The lowest BCUT2D eigenvalue weighted by Crippen LogP contribution is -2.70. The first-order chi connectivity index (χ1) is 14.8. The Morgan fingerprint density at radius 1 is 1.13 bits per heavy atom. The van der Waals surface area contributed by atoms with Crippen molar-refractivity contribution >= 4 is 17.7 Å². The number of hydrogen-bond donors (Lipinski definition) is 0. The molecule has 170 valence electrons. The number of benzene rings is 1. The van der Waals surface area contributed by atoms with Crippen LogP contribution in [0.1, 0.15) is 52.0 Å². The molecule has 4 aliphatic heterocycles. The summed E-state index contributed by atoms with van der Waals surface area (Å²) in [5.74, 6) is 0.586. The summed E-state index contributed by atoms with van der Waals surface area (Å²) in [6.07, 6.45) is 4.03. The first-order valence-corrected chi connectivity index (χ1v) is 12.2. The summed E-state index contributed by atoms with van der Waals surface area (Å²) in [5.41, 5.74) is 0.390. The molecular formula is C24H32O6S. The van der Waals surface area contributed by atoms with Crippen LogP contribution in [0.5, 0.6) is 0 Å². The highest BCUT2D eigenvalue weighted by atomic mass is 32.2. The van der Waals surface area contributed by atoms with Crippen LogP contribution >= 0.6 is 11.8 Å². The van der Waals surface area contributed by atoms with E-state index < -0.39 is 17.7 Å². The molecule has 1 aliphatic carbocycles. The van der Waals surface area contributed by atoms with Crippen LogP contribution in [0.15, 0.2) is 29.2 Å². The van der Waals surface area contributed by atoms with Crippen LogP contribution in [0, 0.1) is 23.7 Å². The summed E-state index contributed by atoms with van der Waals surface area (Å²) in [7, 11) is 1.41. The molecule has 8 atom stereocenters. The van der Waals surface area contributed by atoms with Crippen molar-refractivity contribution in [3.63, 3.8) is 0 Å². The van der Waals surface area contributed by atoms with Crippen LogP contribution in [0.3, 0.4) is 0 Å². The Morgan fingerprint density at radius 3 is 2.65 bits per heavy atom. The summed E-state index contributed by atoms with van der Waals surface area (Å²) < 4.78 is 17.8. The molecule has 1 aromatic carbocycles. The summed E-state index contributed by atoms with van der Waals surface area (Å²) in [4.78, 5) is 24.7. The highest BCUT2D eigenvalue weighted by Gasteiger charge is 2.69. The van der Waals surface area contributed by atoms with Gasteiger partial charge in [0.2, 0.25) is 5.79 Å². The van der Waals surface area contributed by atoms with Gasteiger partial charge in [-0.15, -0.1) is 0 Å². The highest BCUT2D eigenvalue weighted by Crippen LogP contribution is 2.61. The lowest BCUT2D eigenvalue weighted by atomic mass is 9.58. The maximum absolute atomic E-state index is 11.5. The summed E-state index contributed by atoms with van der Waals surface area (Å²) in [6, 6.07) is 8.07. The van der Waals surface area contributed by atoms with E-state index in [0.717, 1.165) is 29.7 Å². The number of thioether (sulfide) groups is 1. The van der Waals surface area contributed by atoms with Crippen molar-refractivity contribution in [2.45, 2.75) is 80.9 Å². The van der Waals surface area contributed by atoms with Gasteiger partial charge in [0.1, 0.15) is 5.44 Å². The molecule has 0 unspecified atom stereocenters. The summed E-state index contributed by atoms with van der Waals surface area (Å²) >= 11 is 1.72. The minimum Gasteiger partial charge on any atom is -0.469 e. The Morgan fingerprint density at radius 2 is 1.90 bits per heavy atom. The molecule has 2 bridgehead atoms. The van der Waals surface area contributed by atoms with Crippen molar-refractivity contribution in [2.75, 3.05) is 7.11 Å². The number of methoxy groups -OCH3 is 1. The lowest BCUT2D eigenvalue weighted by Gasteiger charge is -2.60. The average Bonchev–Trinajstić information content (AvgIpc) is 2.99. The van der Waals surface area contributed by atoms with Crippen LogP contribution < -0.4 is 0 Å². The molecule has 0 radical (unpaired) electrons. The first kappa shape index (κ1) is 21.7. The van der Waals surface area contributed by atoms with Gasteiger partial charge in [-0.2, -0.15) is 0 Å². The minimum absolute atomic E-state index is 0.0345. The largest absolute Gasteiger partial charge is 0.469 e. The van der Waals surface area contributed by atoms with E-state index >= 15 is 0 Å². The van der Waals surface area contributed by atoms with Gasteiger partial charge in [0.25, 0.3) is 0 Å². The van der Waals surface area contributed by atoms with E-state index in [2.05, 4.69) is 26.0 Å². The van der Waals surface area contributed by atoms with Crippen LogP contribution in [0.25, 0.3) is 0 Å².